The Morgan fingerprint density at radius 3 is 2.24 bits per heavy atom. The predicted molar refractivity (Wildman–Crippen MR) is 128 cm³/mol. The summed E-state index contributed by atoms with van der Waals surface area (Å²) in [4.78, 5) is 27.1. The molecule has 0 bridgehead atoms. The molecule has 0 spiro atoms. The van der Waals surface area contributed by atoms with Crippen LogP contribution in [0.5, 0.6) is 0 Å². The highest BCUT2D eigenvalue weighted by Crippen LogP contribution is 2.22. The van der Waals surface area contributed by atoms with Crippen molar-refractivity contribution in [2.45, 2.75) is 45.7 Å². The largest absolute Gasteiger partial charge is 0.357 e. The molecule has 0 saturated carbocycles. The third-order valence-corrected chi connectivity index (χ3v) is 6.64. The smallest absolute Gasteiger partial charge is 0.242 e. The summed E-state index contributed by atoms with van der Waals surface area (Å²) in [5, 5.41) is 2.59. The van der Waals surface area contributed by atoms with E-state index in [9.17, 15) is 26.8 Å². The lowest BCUT2D eigenvalue weighted by molar-refractivity contribution is -0.141. The van der Waals surface area contributed by atoms with E-state index in [1.54, 1.807) is 0 Å². The first kappa shape index (κ1) is 27.2. The van der Waals surface area contributed by atoms with Crippen LogP contribution < -0.4 is 9.62 Å². The molecule has 0 radical (unpaired) electrons. The topological polar surface area (TPSA) is 86.8 Å². The van der Waals surface area contributed by atoms with Crippen LogP contribution in [-0.2, 0) is 26.2 Å². The Balaban J connectivity index is 2.19. The Bertz CT molecular complexity index is 1110. The zero-order chi connectivity index (χ0) is 25.5. The summed E-state index contributed by atoms with van der Waals surface area (Å²) in [6.45, 7) is 3.88. The number of carbonyl (C=O) groups is 2. The molecule has 34 heavy (non-hydrogen) atoms. The van der Waals surface area contributed by atoms with E-state index in [1.807, 2.05) is 38.1 Å². The lowest BCUT2D eigenvalue weighted by atomic mass is 10.1. The maximum absolute atomic E-state index is 13.7. The molecule has 2 aromatic carbocycles. The number of hydrogen-bond acceptors (Lipinski definition) is 4. The summed E-state index contributed by atoms with van der Waals surface area (Å²) in [5.74, 6) is -2.85. The van der Waals surface area contributed by atoms with Gasteiger partial charge in [0.25, 0.3) is 0 Å². The highest BCUT2D eigenvalue weighted by molar-refractivity contribution is 7.92. The van der Waals surface area contributed by atoms with E-state index >= 15 is 0 Å². The molecule has 0 aliphatic rings. The van der Waals surface area contributed by atoms with Gasteiger partial charge in [-0.15, -0.1) is 0 Å². The van der Waals surface area contributed by atoms with Crippen molar-refractivity contribution in [2.24, 2.45) is 0 Å². The number of nitrogens with one attached hydrogen (secondary N) is 1. The molecule has 7 nitrogen and oxygen atoms in total. The van der Waals surface area contributed by atoms with Gasteiger partial charge in [-0.2, -0.15) is 0 Å². The fraction of sp³-hybridized carbons (Fsp3) is 0.417. The van der Waals surface area contributed by atoms with E-state index < -0.39 is 27.7 Å². The van der Waals surface area contributed by atoms with Gasteiger partial charge in [0.2, 0.25) is 21.8 Å². The van der Waals surface area contributed by atoms with Gasteiger partial charge in [0, 0.05) is 32.6 Å². The molecule has 10 heteroatoms. The number of sulfonamides is 1. The number of hydrogen-bond donors (Lipinski definition) is 1. The number of halogens is 2. The number of benzene rings is 2. The van der Waals surface area contributed by atoms with Crippen molar-refractivity contribution < 1.29 is 26.8 Å². The fourth-order valence-electron chi connectivity index (χ4n) is 3.62. The average molecular weight is 496 g/mol. The summed E-state index contributed by atoms with van der Waals surface area (Å²) < 4.78 is 52.4. The number of carbonyl (C=O) groups excluding carboxylic acids is 2. The van der Waals surface area contributed by atoms with Crippen LogP contribution in [0.1, 0.15) is 37.3 Å². The van der Waals surface area contributed by atoms with Gasteiger partial charge in [-0.3, -0.25) is 13.9 Å². The second-order valence-electron chi connectivity index (χ2n) is 8.08. The van der Waals surface area contributed by atoms with Gasteiger partial charge >= 0.3 is 0 Å². The number of amides is 2. The molecule has 0 aliphatic carbocycles. The minimum atomic E-state index is -3.80. The van der Waals surface area contributed by atoms with Crippen molar-refractivity contribution in [3.8, 4) is 0 Å². The first-order valence-electron chi connectivity index (χ1n) is 11.0. The zero-order valence-electron chi connectivity index (χ0n) is 19.8. The predicted octanol–water partition coefficient (Wildman–Crippen LogP) is 3.37. The van der Waals surface area contributed by atoms with Gasteiger partial charge in [0.05, 0.1) is 11.9 Å². The van der Waals surface area contributed by atoms with E-state index in [0.717, 1.165) is 33.8 Å². The first-order valence-corrected chi connectivity index (χ1v) is 12.8. The van der Waals surface area contributed by atoms with Crippen LogP contribution in [-0.4, -0.2) is 51.0 Å². The summed E-state index contributed by atoms with van der Waals surface area (Å²) in [6, 6.07) is 9.77. The van der Waals surface area contributed by atoms with E-state index in [4.69, 9.17) is 0 Å². The van der Waals surface area contributed by atoms with Gasteiger partial charge in [-0.1, -0.05) is 36.8 Å². The van der Waals surface area contributed by atoms with Crippen LogP contribution in [0.15, 0.2) is 42.5 Å². The molecule has 0 unspecified atom stereocenters. The van der Waals surface area contributed by atoms with Crippen molar-refractivity contribution >= 4 is 27.5 Å². The van der Waals surface area contributed by atoms with Crippen molar-refractivity contribution in [1.29, 1.82) is 0 Å². The SMILES string of the molecule is CC[C@@H](C(=O)NC)N(Cc1ccc(C)cc1)C(=O)CCCN(c1ccc(F)c(F)c1)S(C)(=O)=O. The molecule has 2 aromatic rings. The number of nitrogens with zero attached hydrogens (tertiary/aromatic N) is 2. The molecule has 0 fully saturated rings. The second kappa shape index (κ2) is 11.9. The molecule has 2 rings (SSSR count). The molecule has 1 N–H and O–H groups in total. The molecule has 0 aromatic heterocycles. The Morgan fingerprint density at radius 1 is 1.06 bits per heavy atom. The van der Waals surface area contributed by atoms with Crippen LogP contribution in [0.25, 0.3) is 0 Å². The lowest BCUT2D eigenvalue weighted by Crippen LogP contribution is -2.48. The average Bonchev–Trinajstić information content (AvgIpc) is 2.78. The van der Waals surface area contributed by atoms with Crippen LogP contribution in [0.2, 0.25) is 0 Å². The van der Waals surface area contributed by atoms with Gasteiger partial charge in [0.15, 0.2) is 11.6 Å². The fourth-order valence-corrected chi connectivity index (χ4v) is 4.58. The van der Waals surface area contributed by atoms with Crippen LogP contribution >= 0.6 is 0 Å². The maximum atomic E-state index is 13.7. The van der Waals surface area contributed by atoms with Crippen molar-refractivity contribution in [3.05, 3.63) is 65.2 Å². The van der Waals surface area contributed by atoms with Crippen LogP contribution in [0, 0.1) is 18.6 Å². The van der Waals surface area contributed by atoms with Gasteiger partial charge in [-0.05, 0) is 37.5 Å². The van der Waals surface area contributed by atoms with Gasteiger partial charge in [-0.25, -0.2) is 17.2 Å². The summed E-state index contributed by atoms with van der Waals surface area (Å²) in [5.41, 5.74) is 1.90. The highest BCUT2D eigenvalue weighted by atomic mass is 32.2. The monoisotopic (exact) mass is 495 g/mol. The number of aryl methyl sites for hydroxylation is 1. The number of likely N-dealkylation sites (N-methyl/N-ethyl adjacent to an activating group) is 1. The molecular weight excluding hydrogens is 464 g/mol. The van der Waals surface area contributed by atoms with Crippen molar-refractivity contribution in [3.63, 3.8) is 0 Å². The molecule has 2 amide bonds. The van der Waals surface area contributed by atoms with E-state index in [1.165, 1.54) is 18.0 Å². The summed E-state index contributed by atoms with van der Waals surface area (Å²) in [7, 11) is -2.30. The van der Waals surface area contributed by atoms with E-state index in [2.05, 4.69) is 5.32 Å². The Morgan fingerprint density at radius 2 is 1.71 bits per heavy atom. The first-order chi connectivity index (χ1) is 16.0. The zero-order valence-corrected chi connectivity index (χ0v) is 20.7. The summed E-state index contributed by atoms with van der Waals surface area (Å²) in [6.07, 6.45) is 1.45. The second-order valence-corrected chi connectivity index (χ2v) is 9.99. The quantitative estimate of drug-likeness (QED) is 0.518. The van der Waals surface area contributed by atoms with Crippen LogP contribution in [0.4, 0.5) is 14.5 Å². The Labute approximate surface area is 199 Å². The minimum Gasteiger partial charge on any atom is -0.357 e. The summed E-state index contributed by atoms with van der Waals surface area (Å²) >= 11 is 0. The minimum absolute atomic E-state index is 0.0258. The highest BCUT2D eigenvalue weighted by Gasteiger charge is 2.28. The molecule has 0 aliphatic heterocycles. The normalized spacial score (nSPS) is 12.2. The number of anilines is 1. The molecule has 0 heterocycles. The Kier molecular flexibility index (Phi) is 9.55. The standard InChI is InChI=1S/C24H31F2N3O4S/c1-5-22(24(31)27-3)28(16-18-10-8-17(2)9-11-18)23(30)7-6-14-29(34(4,32)33)19-12-13-20(25)21(26)15-19/h8-13,15,22H,5-7,14,16H2,1-4H3,(H,27,31)/t22-/m0/s1. The van der Waals surface area contributed by atoms with Gasteiger partial charge < -0.3 is 10.2 Å². The molecule has 0 saturated heterocycles. The van der Waals surface area contributed by atoms with Crippen molar-refractivity contribution in [1.82, 2.24) is 10.2 Å². The molecular formula is C24H31F2N3O4S. The third kappa shape index (κ3) is 7.24. The molecule has 186 valence electrons. The lowest BCUT2D eigenvalue weighted by Gasteiger charge is -2.31. The Hall–Kier alpha value is -3.01. The van der Waals surface area contributed by atoms with Gasteiger partial charge in [0.1, 0.15) is 6.04 Å². The van der Waals surface area contributed by atoms with E-state index in [-0.39, 0.29) is 43.4 Å². The maximum Gasteiger partial charge on any atom is 0.242 e. The number of rotatable bonds is 11. The molecule has 1 atom stereocenters. The van der Waals surface area contributed by atoms with Crippen LogP contribution in [0.3, 0.4) is 0 Å². The third-order valence-electron chi connectivity index (χ3n) is 5.45. The van der Waals surface area contributed by atoms with Crippen molar-refractivity contribution in [2.75, 3.05) is 24.2 Å². The van der Waals surface area contributed by atoms with E-state index in [0.29, 0.717) is 6.42 Å².